The van der Waals surface area contributed by atoms with Gasteiger partial charge in [0, 0.05) is 24.8 Å². The first-order chi connectivity index (χ1) is 7.45. The van der Waals surface area contributed by atoms with E-state index in [1.165, 1.54) is 43.6 Å². The second-order valence-electron chi connectivity index (χ2n) is 4.57. The van der Waals surface area contributed by atoms with Crippen LogP contribution in [0, 0.1) is 0 Å². The number of fused-ring (bicyclic) bond motifs is 3. The predicted octanol–water partition coefficient (Wildman–Crippen LogP) is 1.80. The number of aryl methyl sites for hydroxylation is 1. The Morgan fingerprint density at radius 2 is 2.20 bits per heavy atom. The number of hydrogen-bond donors (Lipinski definition) is 1. The molecule has 0 spiro atoms. The number of benzene rings is 1. The van der Waals surface area contributed by atoms with Crippen LogP contribution in [-0.4, -0.2) is 25.7 Å². The molecular formula is C13H18N2. The van der Waals surface area contributed by atoms with E-state index in [-0.39, 0.29) is 0 Å². The van der Waals surface area contributed by atoms with Gasteiger partial charge in [-0.3, -0.25) is 0 Å². The molecule has 0 amide bonds. The van der Waals surface area contributed by atoms with E-state index in [4.69, 9.17) is 0 Å². The third kappa shape index (κ3) is 1.63. The first-order valence-electron chi connectivity index (χ1n) is 6.00. The molecule has 1 atom stereocenters. The number of hydrogen-bond acceptors (Lipinski definition) is 2. The Bertz CT molecular complexity index is 348. The van der Waals surface area contributed by atoms with Crippen LogP contribution in [0.4, 0.5) is 5.69 Å². The summed E-state index contributed by atoms with van der Waals surface area (Å²) in [6.45, 7) is 3.55. The number of rotatable bonds is 0. The van der Waals surface area contributed by atoms with Crippen molar-refractivity contribution in [1.29, 1.82) is 0 Å². The van der Waals surface area contributed by atoms with E-state index in [2.05, 4.69) is 34.5 Å². The molecule has 15 heavy (non-hydrogen) atoms. The minimum atomic E-state index is 0.724. The fourth-order valence-electron chi connectivity index (χ4n) is 2.84. The highest BCUT2D eigenvalue weighted by Gasteiger charge is 2.26. The monoisotopic (exact) mass is 202 g/mol. The molecular weight excluding hydrogens is 184 g/mol. The van der Waals surface area contributed by atoms with Crippen molar-refractivity contribution in [2.75, 3.05) is 24.5 Å². The van der Waals surface area contributed by atoms with E-state index in [1.807, 2.05) is 0 Å². The molecule has 1 aromatic rings. The predicted molar refractivity (Wildman–Crippen MR) is 63.4 cm³/mol. The first kappa shape index (κ1) is 9.22. The van der Waals surface area contributed by atoms with Crippen LogP contribution in [0.15, 0.2) is 24.3 Å². The highest BCUT2D eigenvalue weighted by Crippen LogP contribution is 2.30. The Hall–Kier alpha value is -1.02. The van der Waals surface area contributed by atoms with E-state index in [0.717, 1.165) is 12.6 Å². The highest BCUT2D eigenvalue weighted by atomic mass is 15.2. The van der Waals surface area contributed by atoms with E-state index >= 15 is 0 Å². The van der Waals surface area contributed by atoms with Gasteiger partial charge in [0.2, 0.25) is 0 Å². The summed E-state index contributed by atoms with van der Waals surface area (Å²) < 4.78 is 0. The molecule has 0 unspecified atom stereocenters. The molecule has 2 heteroatoms. The summed E-state index contributed by atoms with van der Waals surface area (Å²) in [6, 6.07) is 9.62. The van der Waals surface area contributed by atoms with Gasteiger partial charge < -0.3 is 10.2 Å². The van der Waals surface area contributed by atoms with Crippen molar-refractivity contribution in [2.45, 2.75) is 25.3 Å². The Kier molecular flexibility index (Phi) is 2.37. The Labute approximate surface area is 91.3 Å². The van der Waals surface area contributed by atoms with Crippen LogP contribution in [0.2, 0.25) is 0 Å². The zero-order chi connectivity index (χ0) is 10.1. The van der Waals surface area contributed by atoms with Crippen LogP contribution in [0.3, 0.4) is 0 Å². The van der Waals surface area contributed by atoms with Crippen molar-refractivity contribution in [1.82, 2.24) is 5.32 Å². The molecule has 2 aliphatic heterocycles. The van der Waals surface area contributed by atoms with Crippen molar-refractivity contribution >= 4 is 5.69 Å². The Morgan fingerprint density at radius 1 is 1.27 bits per heavy atom. The van der Waals surface area contributed by atoms with Gasteiger partial charge in [-0.15, -0.1) is 0 Å². The summed E-state index contributed by atoms with van der Waals surface area (Å²) >= 11 is 0. The lowest BCUT2D eigenvalue weighted by atomic mass is 9.96. The molecule has 2 nitrogen and oxygen atoms in total. The van der Waals surface area contributed by atoms with Gasteiger partial charge in [0.15, 0.2) is 0 Å². The van der Waals surface area contributed by atoms with Crippen LogP contribution in [0.1, 0.15) is 18.4 Å². The first-order valence-corrected chi connectivity index (χ1v) is 6.00. The summed E-state index contributed by atoms with van der Waals surface area (Å²) in [5.41, 5.74) is 3.02. The Morgan fingerprint density at radius 3 is 3.20 bits per heavy atom. The third-order valence-corrected chi connectivity index (χ3v) is 3.62. The maximum absolute atomic E-state index is 3.54. The molecule has 0 radical (unpaired) electrons. The van der Waals surface area contributed by atoms with Crippen LogP contribution < -0.4 is 10.2 Å². The van der Waals surface area contributed by atoms with Crippen molar-refractivity contribution in [3.8, 4) is 0 Å². The maximum Gasteiger partial charge on any atom is 0.0417 e. The normalized spacial score (nSPS) is 25.3. The molecule has 0 aliphatic carbocycles. The molecule has 2 aliphatic rings. The third-order valence-electron chi connectivity index (χ3n) is 3.62. The van der Waals surface area contributed by atoms with Gasteiger partial charge in [-0.2, -0.15) is 0 Å². The summed E-state index contributed by atoms with van der Waals surface area (Å²) in [5, 5.41) is 3.54. The SMILES string of the molecule is c1ccc2c(c1)CC[C@@H]1CNCCCN21. The standard InChI is InChI=1S/C13H18N2/c1-2-5-13-11(4-1)6-7-12-10-14-8-3-9-15(12)13/h1-2,4-5,12,14H,3,6-10H2/t12-/m1/s1. The quantitative estimate of drug-likeness (QED) is 0.690. The number of nitrogens with one attached hydrogen (secondary N) is 1. The minimum absolute atomic E-state index is 0.724. The van der Waals surface area contributed by atoms with Gasteiger partial charge in [0.1, 0.15) is 0 Å². The van der Waals surface area contributed by atoms with Crippen molar-refractivity contribution in [3.63, 3.8) is 0 Å². The lowest BCUT2D eigenvalue weighted by Crippen LogP contribution is -2.43. The minimum Gasteiger partial charge on any atom is -0.367 e. The summed E-state index contributed by atoms with van der Waals surface area (Å²) in [5.74, 6) is 0. The molecule has 1 saturated heterocycles. The van der Waals surface area contributed by atoms with Gasteiger partial charge in [-0.25, -0.2) is 0 Å². The van der Waals surface area contributed by atoms with Crippen molar-refractivity contribution < 1.29 is 0 Å². The summed E-state index contributed by atoms with van der Waals surface area (Å²) in [4.78, 5) is 2.61. The number of para-hydroxylation sites is 1. The lowest BCUT2D eigenvalue weighted by molar-refractivity contribution is 0.529. The number of anilines is 1. The van der Waals surface area contributed by atoms with Crippen LogP contribution >= 0.6 is 0 Å². The van der Waals surface area contributed by atoms with Crippen molar-refractivity contribution in [2.24, 2.45) is 0 Å². The van der Waals surface area contributed by atoms with Crippen molar-refractivity contribution in [3.05, 3.63) is 29.8 Å². The average molecular weight is 202 g/mol. The molecule has 3 rings (SSSR count). The fourth-order valence-corrected chi connectivity index (χ4v) is 2.84. The molecule has 0 saturated carbocycles. The van der Waals surface area contributed by atoms with Gasteiger partial charge in [-0.05, 0) is 37.4 Å². The topological polar surface area (TPSA) is 15.3 Å². The molecule has 0 aromatic heterocycles. The van der Waals surface area contributed by atoms with Crippen LogP contribution in [-0.2, 0) is 6.42 Å². The van der Waals surface area contributed by atoms with E-state index in [1.54, 1.807) is 0 Å². The zero-order valence-corrected chi connectivity index (χ0v) is 9.08. The van der Waals surface area contributed by atoms with Gasteiger partial charge in [0.05, 0.1) is 0 Å². The molecule has 1 aromatic carbocycles. The zero-order valence-electron chi connectivity index (χ0n) is 9.08. The molecule has 80 valence electrons. The van der Waals surface area contributed by atoms with E-state index < -0.39 is 0 Å². The van der Waals surface area contributed by atoms with Gasteiger partial charge in [-0.1, -0.05) is 18.2 Å². The fraction of sp³-hybridized carbons (Fsp3) is 0.538. The highest BCUT2D eigenvalue weighted by molar-refractivity contribution is 5.56. The molecule has 2 heterocycles. The Balaban J connectivity index is 1.96. The number of nitrogens with zero attached hydrogens (tertiary/aromatic N) is 1. The maximum atomic E-state index is 3.54. The van der Waals surface area contributed by atoms with Gasteiger partial charge >= 0.3 is 0 Å². The summed E-state index contributed by atoms with van der Waals surface area (Å²) in [6.07, 6.45) is 3.83. The van der Waals surface area contributed by atoms with Gasteiger partial charge in [0.25, 0.3) is 0 Å². The average Bonchev–Trinajstić information content (AvgIpc) is 2.54. The largest absolute Gasteiger partial charge is 0.367 e. The molecule has 0 bridgehead atoms. The second kappa shape index (κ2) is 3.86. The second-order valence-corrected chi connectivity index (χ2v) is 4.57. The van der Waals surface area contributed by atoms with Crippen LogP contribution in [0.5, 0.6) is 0 Å². The summed E-state index contributed by atoms with van der Waals surface area (Å²) in [7, 11) is 0. The smallest absolute Gasteiger partial charge is 0.0417 e. The lowest BCUT2D eigenvalue weighted by Gasteiger charge is -2.37. The molecule has 1 N–H and O–H groups in total. The van der Waals surface area contributed by atoms with E-state index in [0.29, 0.717) is 0 Å². The molecule has 1 fully saturated rings. The van der Waals surface area contributed by atoms with E-state index in [9.17, 15) is 0 Å². The van der Waals surface area contributed by atoms with Crippen LogP contribution in [0.25, 0.3) is 0 Å².